The Kier molecular flexibility index (Phi) is 6.46. The van der Waals surface area contributed by atoms with Crippen LogP contribution in [0.1, 0.15) is 42.2 Å². The maximum atomic E-state index is 12.3. The van der Waals surface area contributed by atoms with Crippen molar-refractivity contribution in [1.29, 1.82) is 0 Å². The maximum absolute atomic E-state index is 12.3. The Morgan fingerprint density at radius 2 is 1.96 bits per heavy atom. The lowest BCUT2D eigenvalue weighted by Crippen LogP contribution is -2.41. The highest BCUT2D eigenvalue weighted by Gasteiger charge is 2.28. The number of aliphatic hydroxyl groups excluding tert-OH is 2. The number of aromatic nitrogens is 4. The molecule has 9 N–H and O–H groups in total. The second-order valence-corrected chi connectivity index (χ2v) is 5.47. The van der Waals surface area contributed by atoms with Gasteiger partial charge in [-0.25, -0.2) is 4.79 Å². The lowest BCUT2D eigenvalue weighted by Gasteiger charge is -2.17. The molecular weight excluding hydrogens is 380 g/mol. The zero-order chi connectivity index (χ0) is 20.8. The number of rotatable bonds is 9. The Hall–Kier alpha value is -3.72. The molecule has 2 aromatic heterocycles. The molecule has 2 aromatic rings. The number of nitrogens with one attached hydrogen (secondary N) is 2. The highest BCUT2D eigenvalue weighted by molar-refractivity contribution is 5.78. The Bertz CT molecular complexity index is 850. The number of aromatic hydroxyl groups is 1. The summed E-state index contributed by atoms with van der Waals surface area (Å²) in [4.78, 5) is 27.5. The van der Waals surface area contributed by atoms with Gasteiger partial charge in [-0.3, -0.25) is 4.79 Å². The van der Waals surface area contributed by atoms with Gasteiger partial charge in [0.25, 0.3) is 0 Å². The summed E-state index contributed by atoms with van der Waals surface area (Å²) >= 11 is 0. The molecule has 0 aliphatic carbocycles. The number of carbonyl (C=O) groups is 2. The third-order valence-corrected chi connectivity index (χ3v) is 3.28. The van der Waals surface area contributed by atoms with E-state index < -0.39 is 54.9 Å². The standard InChI is InChI=1S/C13H18N8O7/c1-4(23)8(11-19-20-13(26)27-11)17-12(25)16-6(2-7(15)24)10-18-9(21-28-10)5(14)3-22/h5-6,8,22-23H,1-3,14H2,(H2,15,24)(H,20,26)(H2,16,17,25)/t5-,6-,8-/m0/s1. The van der Waals surface area contributed by atoms with E-state index in [2.05, 4.69) is 37.6 Å². The molecule has 0 spiro atoms. The Labute approximate surface area is 156 Å². The van der Waals surface area contributed by atoms with Crippen molar-refractivity contribution < 1.29 is 33.8 Å². The van der Waals surface area contributed by atoms with Gasteiger partial charge >= 0.3 is 12.1 Å². The molecule has 152 valence electrons. The van der Waals surface area contributed by atoms with Crippen LogP contribution in [0.2, 0.25) is 0 Å². The van der Waals surface area contributed by atoms with Gasteiger partial charge in [-0.1, -0.05) is 16.8 Å². The Morgan fingerprint density at radius 1 is 1.25 bits per heavy atom. The van der Waals surface area contributed by atoms with Crippen LogP contribution < -0.4 is 22.1 Å². The molecule has 0 saturated carbocycles. The fourth-order valence-electron chi connectivity index (χ4n) is 1.98. The van der Waals surface area contributed by atoms with Crippen LogP contribution in [0.3, 0.4) is 0 Å². The number of carbonyl (C=O) groups excluding carboxylic acids is 2. The minimum Gasteiger partial charge on any atom is -0.510 e. The average molecular weight is 398 g/mol. The quantitative estimate of drug-likeness (QED) is 0.231. The molecule has 28 heavy (non-hydrogen) atoms. The van der Waals surface area contributed by atoms with Crippen molar-refractivity contribution in [3.05, 3.63) is 29.9 Å². The number of aliphatic hydroxyl groups is 2. The van der Waals surface area contributed by atoms with Crippen LogP contribution in [-0.2, 0) is 4.79 Å². The van der Waals surface area contributed by atoms with E-state index in [-0.39, 0.29) is 17.6 Å². The summed E-state index contributed by atoms with van der Waals surface area (Å²) in [5.41, 5.74) is 10.7. The van der Waals surface area contributed by atoms with E-state index >= 15 is 0 Å². The number of urea groups is 1. The molecule has 3 atom stereocenters. The van der Waals surface area contributed by atoms with Crippen molar-refractivity contribution >= 4 is 11.9 Å². The smallest absolute Gasteiger partial charge is 0.412 e. The highest BCUT2D eigenvalue weighted by atomic mass is 16.5. The van der Waals surface area contributed by atoms with Gasteiger partial charge in [-0.2, -0.15) is 4.98 Å². The monoisotopic (exact) mass is 398 g/mol. The van der Waals surface area contributed by atoms with E-state index in [0.29, 0.717) is 0 Å². The fraction of sp³-hybridized carbons (Fsp3) is 0.385. The van der Waals surface area contributed by atoms with Gasteiger partial charge in [0.05, 0.1) is 19.1 Å². The first-order chi connectivity index (χ1) is 13.2. The van der Waals surface area contributed by atoms with Gasteiger partial charge in [-0.15, -0.1) is 5.10 Å². The van der Waals surface area contributed by atoms with Crippen molar-refractivity contribution in [3.63, 3.8) is 0 Å². The van der Waals surface area contributed by atoms with Crippen molar-refractivity contribution in [1.82, 2.24) is 31.0 Å². The molecule has 0 radical (unpaired) electrons. The SMILES string of the molecule is C=C(O)[C@H](NC(=O)N[C@@H](CC(N)=O)c1nc([C@@H](N)CO)no1)c1nnc(O)o1. The van der Waals surface area contributed by atoms with E-state index in [1.165, 1.54) is 0 Å². The van der Waals surface area contributed by atoms with E-state index in [4.69, 9.17) is 30.6 Å². The third kappa shape index (κ3) is 5.15. The zero-order valence-electron chi connectivity index (χ0n) is 14.3. The number of hydrogen-bond donors (Lipinski definition) is 7. The summed E-state index contributed by atoms with van der Waals surface area (Å²) in [6.45, 7) is 2.81. The van der Waals surface area contributed by atoms with Gasteiger partial charge in [0.1, 0.15) is 11.8 Å². The molecule has 15 nitrogen and oxygen atoms in total. The first-order valence-corrected chi connectivity index (χ1v) is 7.66. The van der Waals surface area contributed by atoms with Crippen LogP contribution in [-0.4, -0.2) is 54.2 Å². The molecule has 0 aliphatic rings. The summed E-state index contributed by atoms with van der Waals surface area (Å²) in [7, 11) is 0. The van der Waals surface area contributed by atoms with Crippen molar-refractivity contribution in [3.8, 4) is 6.08 Å². The first kappa shape index (κ1) is 20.6. The third-order valence-electron chi connectivity index (χ3n) is 3.28. The zero-order valence-corrected chi connectivity index (χ0v) is 14.3. The predicted octanol–water partition coefficient (Wildman–Crippen LogP) is -1.82. The van der Waals surface area contributed by atoms with E-state index in [0.717, 1.165) is 0 Å². The summed E-state index contributed by atoms with van der Waals surface area (Å²) in [6.07, 6.45) is -1.19. The molecule has 0 aliphatic heterocycles. The molecule has 3 amide bonds. The van der Waals surface area contributed by atoms with Gasteiger partial charge in [0, 0.05) is 0 Å². The molecule has 15 heteroatoms. The average Bonchev–Trinajstić information content (AvgIpc) is 3.27. The normalized spacial score (nSPS) is 14.1. The summed E-state index contributed by atoms with van der Waals surface area (Å²) in [5.74, 6) is -1.94. The number of primary amides is 1. The molecule has 2 heterocycles. The van der Waals surface area contributed by atoms with Crippen LogP contribution in [0.15, 0.2) is 21.3 Å². The number of amides is 3. The van der Waals surface area contributed by atoms with Crippen LogP contribution in [0.5, 0.6) is 6.08 Å². The molecule has 0 unspecified atom stereocenters. The number of hydrogen-bond acceptors (Lipinski definition) is 12. The largest absolute Gasteiger partial charge is 0.510 e. The summed E-state index contributed by atoms with van der Waals surface area (Å²) in [6, 6.07) is -4.36. The summed E-state index contributed by atoms with van der Waals surface area (Å²) < 4.78 is 9.67. The van der Waals surface area contributed by atoms with Crippen LogP contribution >= 0.6 is 0 Å². The lowest BCUT2D eigenvalue weighted by atomic mass is 10.2. The van der Waals surface area contributed by atoms with Gasteiger partial charge in [0.15, 0.2) is 11.9 Å². The second kappa shape index (κ2) is 8.78. The topological polar surface area (TPSA) is 249 Å². The lowest BCUT2D eigenvalue weighted by molar-refractivity contribution is -0.118. The molecule has 0 saturated heterocycles. The fourth-order valence-corrected chi connectivity index (χ4v) is 1.98. The van der Waals surface area contributed by atoms with Gasteiger partial charge in [-0.05, 0) is 0 Å². The Balaban J connectivity index is 2.14. The van der Waals surface area contributed by atoms with Crippen molar-refractivity contribution in [2.24, 2.45) is 11.5 Å². The summed E-state index contributed by atoms with van der Waals surface area (Å²) in [5, 5.41) is 42.5. The van der Waals surface area contributed by atoms with E-state index in [9.17, 15) is 14.7 Å². The second-order valence-electron chi connectivity index (χ2n) is 5.47. The number of nitrogens with zero attached hydrogens (tertiary/aromatic N) is 4. The first-order valence-electron chi connectivity index (χ1n) is 7.66. The molecule has 0 bridgehead atoms. The van der Waals surface area contributed by atoms with Gasteiger partial charge < -0.3 is 46.4 Å². The molecule has 2 rings (SSSR count). The molecular formula is C13H18N8O7. The number of nitrogens with two attached hydrogens (primary N) is 2. The van der Waals surface area contributed by atoms with Crippen LogP contribution in [0, 0.1) is 0 Å². The van der Waals surface area contributed by atoms with Gasteiger partial charge in [0.2, 0.25) is 17.7 Å². The Morgan fingerprint density at radius 3 is 2.50 bits per heavy atom. The minimum absolute atomic E-state index is 0.0443. The van der Waals surface area contributed by atoms with E-state index in [1.807, 2.05) is 0 Å². The highest BCUT2D eigenvalue weighted by Crippen LogP contribution is 2.21. The maximum Gasteiger partial charge on any atom is 0.412 e. The minimum atomic E-state index is -1.36. The molecule has 0 fully saturated rings. The van der Waals surface area contributed by atoms with Crippen LogP contribution in [0.25, 0.3) is 0 Å². The van der Waals surface area contributed by atoms with Crippen molar-refractivity contribution in [2.45, 2.75) is 24.5 Å². The van der Waals surface area contributed by atoms with Crippen LogP contribution in [0.4, 0.5) is 4.79 Å². The van der Waals surface area contributed by atoms with Crippen molar-refractivity contribution in [2.75, 3.05) is 6.61 Å². The predicted molar refractivity (Wildman–Crippen MR) is 87.0 cm³/mol. The molecule has 0 aromatic carbocycles. The van der Waals surface area contributed by atoms with E-state index in [1.54, 1.807) is 0 Å².